The number of nitrogens with zero attached hydrogens (tertiary/aromatic N) is 2. The van der Waals surface area contributed by atoms with E-state index in [0.717, 1.165) is 43.9 Å². The predicted octanol–water partition coefficient (Wildman–Crippen LogP) is 3.45. The molecule has 0 radical (unpaired) electrons. The number of rotatable bonds is 5. The summed E-state index contributed by atoms with van der Waals surface area (Å²) >= 11 is 5.84. The number of pyridine rings is 1. The number of hydrazone groups is 1. The molecule has 0 amide bonds. The van der Waals surface area contributed by atoms with Gasteiger partial charge in [-0.2, -0.15) is 5.10 Å². The van der Waals surface area contributed by atoms with E-state index in [9.17, 15) is 0 Å². The normalized spacial score (nSPS) is 10.5. The Morgan fingerprint density at radius 3 is 2.70 bits per heavy atom. The van der Waals surface area contributed by atoms with Gasteiger partial charge in [0.2, 0.25) is 0 Å². The second-order valence-corrected chi connectivity index (χ2v) is 5.64. The number of hydrogen-bond donors (Lipinski definition) is 2. The van der Waals surface area contributed by atoms with Crippen LogP contribution in [0.2, 0.25) is 0 Å². The number of aromatic nitrogens is 1. The van der Waals surface area contributed by atoms with E-state index in [-0.39, 0.29) is 0 Å². The predicted molar refractivity (Wildman–Crippen MR) is 86.8 cm³/mol. The van der Waals surface area contributed by atoms with Gasteiger partial charge in [-0.15, -0.1) is 0 Å². The first-order valence-electron chi connectivity index (χ1n) is 5.96. The zero-order chi connectivity index (χ0) is 15.2. The molecule has 0 bridgehead atoms. The van der Waals surface area contributed by atoms with E-state index in [1.165, 1.54) is 0 Å². The molecule has 0 atom stereocenters. The van der Waals surface area contributed by atoms with Gasteiger partial charge in [-0.3, -0.25) is 10.4 Å². The van der Waals surface area contributed by atoms with Gasteiger partial charge >= 0.3 is 33.3 Å². The Morgan fingerprint density at radius 2 is 2.15 bits per heavy atom. The molecule has 0 aliphatic carbocycles. The number of unbranched alkanes of at least 4 members (excludes halogenated alkanes) is 1. The Bertz CT molecular complexity index is 404. The number of halogens is 2. The third kappa shape index (κ3) is 10.4. The quantitative estimate of drug-likeness (QED) is 0.268. The van der Waals surface area contributed by atoms with Crippen LogP contribution in [0.25, 0.3) is 0 Å². The Balaban J connectivity index is 0.00000110. The first-order valence-corrected chi connectivity index (χ1v) is 8.96. The van der Waals surface area contributed by atoms with E-state index >= 15 is 0 Å². The van der Waals surface area contributed by atoms with Gasteiger partial charge in [0.25, 0.3) is 0 Å². The van der Waals surface area contributed by atoms with Crippen LogP contribution < -0.4 is 10.7 Å². The van der Waals surface area contributed by atoms with Gasteiger partial charge in [0.15, 0.2) is 5.11 Å². The number of hydrogen-bond acceptors (Lipinski definition) is 3. The van der Waals surface area contributed by atoms with Crippen molar-refractivity contribution in [1.82, 2.24) is 15.7 Å². The van der Waals surface area contributed by atoms with Crippen LogP contribution in [-0.2, 0) is 13.1 Å². The topological polar surface area (TPSA) is 49.3 Å². The minimum absolute atomic E-state index is 0.550. The maximum absolute atomic E-state index is 5.09. The first-order chi connectivity index (χ1) is 9.65. The number of thiocarbonyl (C=S) groups is 1. The first kappa shape index (κ1) is 19.6. The van der Waals surface area contributed by atoms with Crippen LogP contribution in [0.5, 0.6) is 0 Å². The van der Waals surface area contributed by atoms with E-state index < -0.39 is 0 Å². The van der Waals surface area contributed by atoms with E-state index in [4.69, 9.17) is 12.2 Å². The van der Waals surface area contributed by atoms with E-state index in [0.29, 0.717) is 5.11 Å². The third-order valence-corrected chi connectivity index (χ3v) is 2.41. The summed E-state index contributed by atoms with van der Waals surface area (Å²) in [6, 6.07) is 5.72. The average molecular weight is 385 g/mol. The van der Waals surface area contributed by atoms with E-state index in [1.54, 1.807) is 6.20 Å². The maximum atomic E-state index is 5.09. The summed E-state index contributed by atoms with van der Waals surface area (Å²) in [7, 11) is 9.34. The molecule has 1 rings (SSSR count). The van der Waals surface area contributed by atoms with Crippen molar-refractivity contribution in [3.8, 4) is 0 Å². The Hall–Kier alpha value is -0.391. The molecule has 8 heteroatoms. The van der Waals surface area contributed by atoms with Crippen molar-refractivity contribution >= 4 is 43.2 Å². The molecule has 0 unspecified atom stereocenters. The average Bonchev–Trinajstić information content (AvgIpc) is 2.47. The molecule has 0 aliphatic heterocycles. The van der Waals surface area contributed by atoms with Crippen LogP contribution in [0.15, 0.2) is 29.5 Å². The van der Waals surface area contributed by atoms with Gasteiger partial charge in [-0.1, -0.05) is 19.4 Å². The van der Waals surface area contributed by atoms with Crippen molar-refractivity contribution < 1.29 is 13.1 Å². The second kappa shape index (κ2) is 13.6. The molecule has 4 nitrogen and oxygen atoms in total. The molecular weight excluding hydrogens is 367 g/mol. The standard InChI is InChI=1S/C12H18N4S.2ClH.Cu/c1-3-4-8-14-12(17)16-15-10(2)11-7-5-6-9-13-11;;;/h5-7,9H,3-4,8H2,1-2H3,(H2,14,16,17);2*1H;/q;;;+2/p-2. The van der Waals surface area contributed by atoms with Gasteiger partial charge in [0, 0.05) is 12.7 Å². The Morgan fingerprint density at radius 1 is 1.45 bits per heavy atom. The van der Waals surface area contributed by atoms with Gasteiger partial charge in [-0.05, 0) is 37.7 Å². The zero-order valence-corrected chi connectivity index (χ0v) is 14.6. The molecule has 1 aromatic rings. The van der Waals surface area contributed by atoms with Gasteiger partial charge in [-0.25, -0.2) is 0 Å². The summed E-state index contributed by atoms with van der Waals surface area (Å²) in [5.74, 6) is 0. The molecule has 20 heavy (non-hydrogen) atoms. The SMILES string of the molecule is CCCCNC(=S)NN=C(C)c1ccccn1.[Cl][Cu][Cl]. The van der Waals surface area contributed by atoms with Crippen molar-refractivity contribution in [3.05, 3.63) is 30.1 Å². The molecule has 0 saturated heterocycles. The van der Waals surface area contributed by atoms with Crippen molar-refractivity contribution in [1.29, 1.82) is 0 Å². The summed E-state index contributed by atoms with van der Waals surface area (Å²) in [5, 5.41) is 7.81. The monoisotopic (exact) mass is 383 g/mol. The summed E-state index contributed by atoms with van der Waals surface area (Å²) in [4.78, 5) is 4.20. The second-order valence-electron chi connectivity index (χ2n) is 3.68. The van der Waals surface area contributed by atoms with Crippen LogP contribution in [0.3, 0.4) is 0 Å². The Kier molecular flexibility index (Phi) is 13.3. The summed E-state index contributed by atoms with van der Waals surface area (Å²) < 4.78 is 0. The van der Waals surface area contributed by atoms with Crippen molar-refractivity contribution in [2.75, 3.05) is 6.54 Å². The summed E-state index contributed by atoms with van der Waals surface area (Å²) in [6.07, 6.45) is 3.99. The van der Waals surface area contributed by atoms with Gasteiger partial charge in [0.1, 0.15) is 0 Å². The minimum atomic E-state index is 0.550. The van der Waals surface area contributed by atoms with Crippen LogP contribution >= 0.6 is 32.4 Å². The molecule has 0 saturated carbocycles. The van der Waals surface area contributed by atoms with Crippen LogP contribution in [0.1, 0.15) is 32.4 Å². The van der Waals surface area contributed by atoms with Crippen LogP contribution in [-0.4, -0.2) is 22.4 Å². The van der Waals surface area contributed by atoms with Gasteiger partial charge < -0.3 is 5.32 Å². The van der Waals surface area contributed by atoms with Crippen LogP contribution in [0, 0.1) is 0 Å². The molecule has 1 aromatic heterocycles. The molecular formula is C12H18Cl2CuN4S. The molecule has 0 fully saturated rings. The molecule has 117 valence electrons. The summed E-state index contributed by atoms with van der Waals surface area (Å²) in [6.45, 7) is 4.91. The molecule has 0 aromatic carbocycles. The fourth-order valence-corrected chi connectivity index (χ4v) is 1.33. The number of nitrogens with one attached hydrogen (secondary N) is 2. The van der Waals surface area contributed by atoms with E-state index in [2.05, 4.69) is 47.9 Å². The molecule has 2 N–H and O–H groups in total. The van der Waals surface area contributed by atoms with Crippen molar-refractivity contribution in [2.24, 2.45) is 5.10 Å². The fraction of sp³-hybridized carbons (Fsp3) is 0.417. The van der Waals surface area contributed by atoms with Gasteiger partial charge in [0.05, 0.1) is 11.4 Å². The van der Waals surface area contributed by atoms with E-state index in [1.807, 2.05) is 25.1 Å². The van der Waals surface area contributed by atoms with Crippen LogP contribution in [0.4, 0.5) is 0 Å². The summed E-state index contributed by atoms with van der Waals surface area (Å²) in [5.41, 5.74) is 4.46. The Labute approximate surface area is 140 Å². The molecule has 1 heterocycles. The third-order valence-electron chi connectivity index (χ3n) is 2.18. The zero-order valence-electron chi connectivity index (χ0n) is 11.3. The molecule has 0 spiro atoms. The van der Waals surface area contributed by atoms with Crippen molar-refractivity contribution in [3.63, 3.8) is 0 Å². The molecule has 0 aliphatic rings. The fourth-order valence-electron chi connectivity index (χ4n) is 1.19. The van der Waals surface area contributed by atoms with Crippen molar-refractivity contribution in [2.45, 2.75) is 26.7 Å².